The standard InChI is InChI=1S/C14H20O2S/c1-14(2)9-8-12(15)13(10-14)17(16)11-6-4-3-5-7-11/h3-7,12-13,15H,8-10H2,1-2H3/t12-,13-,17?/m1/s1. The third kappa shape index (κ3) is 2.96. The Bertz CT molecular complexity index is 400. The van der Waals surface area contributed by atoms with Crippen LogP contribution in [0.25, 0.3) is 0 Å². The Kier molecular flexibility index (Phi) is 3.69. The lowest BCUT2D eigenvalue weighted by Gasteiger charge is -2.37. The van der Waals surface area contributed by atoms with Crippen LogP contribution in [-0.4, -0.2) is 20.7 Å². The molecule has 0 aliphatic heterocycles. The fourth-order valence-electron chi connectivity index (χ4n) is 2.46. The molecule has 1 saturated carbocycles. The summed E-state index contributed by atoms with van der Waals surface area (Å²) < 4.78 is 12.4. The average molecular weight is 252 g/mol. The van der Waals surface area contributed by atoms with Gasteiger partial charge in [0.25, 0.3) is 0 Å². The predicted octanol–water partition coefficient (Wildman–Crippen LogP) is 2.73. The summed E-state index contributed by atoms with van der Waals surface area (Å²) in [5.74, 6) is 0. The van der Waals surface area contributed by atoms with Crippen molar-refractivity contribution in [3.05, 3.63) is 30.3 Å². The van der Waals surface area contributed by atoms with Crippen LogP contribution in [0.2, 0.25) is 0 Å². The van der Waals surface area contributed by atoms with Gasteiger partial charge in [-0.05, 0) is 36.8 Å². The molecule has 0 spiro atoms. The van der Waals surface area contributed by atoms with Gasteiger partial charge in [0.1, 0.15) is 0 Å². The first-order chi connectivity index (χ1) is 7.99. The number of hydrogen-bond donors (Lipinski definition) is 1. The first-order valence-corrected chi connectivity index (χ1v) is 7.35. The van der Waals surface area contributed by atoms with Crippen molar-refractivity contribution in [2.45, 2.75) is 49.4 Å². The van der Waals surface area contributed by atoms with E-state index in [2.05, 4.69) is 13.8 Å². The molecule has 3 atom stereocenters. The molecule has 0 saturated heterocycles. The van der Waals surface area contributed by atoms with Crippen LogP contribution in [0.1, 0.15) is 33.1 Å². The highest BCUT2D eigenvalue weighted by Gasteiger charge is 2.37. The van der Waals surface area contributed by atoms with Gasteiger partial charge in [-0.2, -0.15) is 0 Å². The summed E-state index contributed by atoms with van der Waals surface area (Å²) in [7, 11) is -1.10. The SMILES string of the molecule is CC1(C)CC[C@@H](O)[C@H](S(=O)c2ccccc2)C1. The van der Waals surface area contributed by atoms with Crippen molar-refractivity contribution in [1.29, 1.82) is 0 Å². The molecule has 1 aromatic rings. The summed E-state index contributed by atoms with van der Waals surface area (Å²) >= 11 is 0. The first-order valence-electron chi connectivity index (χ1n) is 6.13. The lowest BCUT2D eigenvalue weighted by atomic mass is 9.76. The zero-order valence-corrected chi connectivity index (χ0v) is 11.2. The second kappa shape index (κ2) is 4.91. The Labute approximate surface area is 106 Å². The molecule has 94 valence electrons. The molecule has 0 aromatic heterocycles. The number of hydrogen-bond acceptors (Lipinski definition) is 2. The summed E-state index contributed by atoms with van der Waals surface area (Å²) in [4.78, 5) is 0.828. The highest BCUT2D eigenvalue weighted by atomic mass is 32.2. The molecule has 0 bridgehead atoms. The molecule has 0 radical (unpaired) electrons. The van der Waals surface area contributed by atoms with Gasteiger partial charge in [0.15, 0.2) is 0 Å². The van der Waals surface area contributed by atoms with Crippen LogP contribution in [0.15, 0.2) is 35.2 Å². The number of benzene rings is 1. The zero-order valence-electron chi connectivity index (χ0n) is 10.4. The number of aliphatic hydroxyl groups is 1. The van der Waals surface area contributed by atoms with E-state index >= 15 is 0 Å². The van der Waals surface area contributed by atoms with Crippen LogP contribution < -0.4 is 0 Å². The van der Waals surface area contributed by atoms with Crippen molar-refractivity contribution in [2.75, 3.05) is 0 Å². The van der Waals surface area contributed by atoms with Gasteiger partial charge in [-0.25, -0.2) is 0 Å². The van der Waals surface area contributed by atoms with Crippen molar-refractivity contribution in [3.63, 3.8) is 0 Å². The Morgan fingerprint density at radius 1 is 1.29 bits per heavy atom. The lowest BCUT2D eigenvalue weighted by molar-refractivity contribution is 0.0852. The van der Waals surface area contributed by atoms with E-state index in [0.29, 0.717) is 0 Å². The van der Waals surface area contributed by atoms with E-state index in [4.69, 9.17) is 0 Å². The maximum Gasteiger partial charge on any atom is 0.0687 e. The molecular weight excluding hydrogens is 232 g/mol. The van der Waals surface area contributed by atoms with Gasteiger partial charge in [0.05, 0.1) is 22.2 Å². The largest absolute Gasteiger partial charge is 0.392 e. The molecule has 1 aliphatic rings. The minimum Gasteiger partial charge on any atom is -0.392 e. The van der Waals surface area contributed by atoms with E-state index in [1.807, 2.05) is 30.3 Å². The molecule has 2 rings (SSSR count). The van der Waals surface area contributed by atoms with Crippen molar-refractivity contribution in [1.82, 2.24) is 0 Å². The zero-order chi connectivity index (χ0) is 12.5. The van der Waals surface area contributed by atoms with E-state index in [-0.39, 0.29) is 10.7 Å². The van der Waals surface area contributed by atoms with Crippen molar-refractivity contribution in [2.24, 2.45) is 5.41 Å². The monoisotopic (exact) mass is 252 g/mol. The first kappa shape index (κ1) is 12.8. The number of rotatable bonds is 2. The average Bonchev–Trinajstić information content (AvgIpc) is 2.33. The third-order valence-corrected chi connectivity index (χ3v) is 5.32. The molecule has 2 nitrogen and oxygen atoms in total. The van der Waals surface area contributed by atoms with Crippen molar-refractivity contribution < 1.29 is 9.32 Å². The second-order valence-electron chi connectivity index (χ2n) is 5.62. The van der Waals surface area contributed by atoms with Crippen LogP contribution in [0, 0.1) is 5.41 Å². The molecule has 1 aliphatic carbocycles. The molecule has 1 aromatic carbocycles. The van der Waals surface area contributed by atoms with Gasteiger partial charge in [-0.3, -0.25) is 4.21 Å². The normalized spacial score (nSPS) is 29.8. The van der Waals surface area contributed by atoms with Gasteiger partial charge >= 0.3 is 0 Å². The highest BCUT2D eigenvalue weighted by molar-refractivity contribution is 7.85. The molecule has 17 heavy (non-hydrogen) atoms. The second-order valence-corrected chi connectivity index (χ2v) is 7.29. The predicted molar refractivity (Wildman–Crippen MR) is 70.3 cm³/mol. The van der Waals surface area contributed by atoms with Crippen LogP contribution >= 0.6 is 0 Å². The lowest BCUT2D eigenvalue weighted by Crippen LogP contribution is -2.40. The quantitative estimate of drug-likeness (QED) is 0.878. The van der Waals surface area contributed by atoms with Crippen LogP contribution in [0.3, 0.4) is 0 Å². The molecule has 0 amide bonds. The Balaban J connectivity index is 2.18. The maximum absolute atomic E-state index is 12.4. The minimum atomic E-state index is -1.10. The van der Waals surface area contributed by atoms with Crippen molar-refractivity contribution >= 4 is 10.8 Å². The van der Waals surface area contributed by atoms with Gasteiger partial charge < -0.3 is 5.11 Å². The molecule has 1 fully saturated rings. The highest BCUT2D eigenvalue weighted by Crippen LogP contribution is 2.38. The Morgan fingerprint density at radius 3 is 2.59 bits per heavy atom. The Morgan fingerprint density at radius 2 is 1.94 bits per heavy atom. The maximum atomic E-state index is 12.4. The van der Waals surface area contributed by atoms with Crippen LogP contribution in [-0.2, 0) is 10.8 Å². The van der Waals surface area contributed by atoms with E-state index in [9.17, 15) is 9.32 Å². The summed E-state index contributed by atoms with van der Waals surface area (Å²) in [6.07, 6.45) is 2.17. The summed E-state index contributed by atoms with van der Waals surface area (Å²) in [5.41, 5.74) is 0.189. The summed E-state index contributed by atoms with van der Waals surface area (Å²) in [6, 6.07) is 9.47. The van der Waals surface area contributed by atoms with Gasteiger partial charge in [-0.1, -0.05) is 32.0 Å². The number of aliphatic hydroxyl groups excluding tert-OH is 1. The van der Waals surface area contributed by atoms with Crippen LogP contribution in [0.5, 0.6) is 0 Å². The Hall–Kier alpha value is -0.670. The van der Waals surface area contributed by atoms with Crippen molar-refractivity contribution in [3.8, 4) is 0 Å². The van der Waals surface area contributed by atoms with Crippen LogP contribution in [0.4, 0.5) is 0 Å². The third-order valence-electron chi connectivity index (χ3n) is 3.55. The molecule has 3 heteroatoms. The topological polar surface area (TPSA) is 37.3 Å². The van der Waals surface area contributed by atoms with Gasteiger partial charge in [-0.15, -0.1) is 0 Å². The fourth-order valence-corrected chi connectivity index (χ4v) is 4.25. The van der Waals surface area contributed by atoms with E-state index < -0.39 is 16.9 Å². The molecular formula is C14H20O2S. The molecule has 1 N–H and O–H groups in total. The molecule has 0 heterocycles. The fraction of sp³-hybridized carbons (Fsp3) is 0.571. The van der Waals surface area contributed by atoms with E-state index in [1.54, 1.807) is 0 Å². The summed E-state index contributed by atoms with van der Waals surface area (Å²) in [6.45, 7) is 4.38. The summed E-state index contributed by atoms with van der Waals surface area (Å²) in [5, 5.41) is 9.92. The van der Waals surface area contributed by atoms with Gasteiger partial charge in [0.2, 0.25) is 0 Å². The molecule has 1 unspecified atom stereocenters. The smallest absolute Gasteiger partial charge is 0.0687 e. The van der Waals surface area contributed by atoms with E-state index in [1.165, 1.54) is 0 Å². The van der Waals surface area contributed by atoms with E-state index in [0.717, 1.165) is 24.2 Å². The van der Waals surface area contributed by atoms with Gasteiger partial charge in [0, 0.05) is 4.90 Å². The minimum absolute atomic E-state index is 0.124.